The minimum absolute atomic E-state index is 0.0206. The van der Waals surface area contributed by atoms with Crippen molar-refractivity contribution < 1.29 is 13.9 Å². The molecular weight excluding hydrogens is 303 g/mol. The minimum Gasteiger partial charge on any atom is -0.496 e. The molecule has 1 aromatic rings. The highest BCUT2D eigenvalue weighted by molar-refractivity contribution is 5.79. The number of allylic oxidation sites excluding steroid dienone is 5. The molecule has 24 heavy (non-hydrogen) atoms. The SMILES string of the molecule is COc1cc(C)c(C=CC(C)=C(F)C=CC(C)C(C)=O)c(C)c1C. The first-order chi connectivity index (χ1) is 11.2. The van der Waals surface area contributed by atoms with Gasteiger partial charge in [0.2, 0.25) is 0 Å². The number of rotatable bonds is 6. The van der Waals surface area contributed by atoms with Gasteiger partial charge >= 0.3 is 0 Å². The fraction of sp³-hybridized carbons (Fsp3) is 0.381. The maximum Gasteiger partial charge on any atom is 0.136 e. The summed E-state index contributed by atoms with van der Waals surface area (Å²) in [6.45, 7) is 11.0. The summed E-state index contributed by atoms with van der Waals surface area (Å²) in [4.78, 5) is 11.2. The van der Waals surface area contributed by atoms with Gasteiger partial charge in [-0.2, -0.15) is 0 Å². The number of carbonyl (C=O) groups excluding carboxylic acids is 1. The summed E-state index contributed by atoms with van der Waals surface area (Å²) in [7, 11) is 1.66. The van der Waals surface area contributed by atoms with Gasteiger partial charge in [0.25, 0.3) is 0 Å². The Morgan fingerprint density at radius 3 is 2.33 bits per heavy atom. The van der Waals surface area contributed by atoms with E-state index in [1.54, 1.807) is 33.1 Å². The van der Waals surface area contributed by atoms with Gasteiger partial charge in [-0.3, -0.25) is 4.79 Å². The maximum atomic E-state index is 14.1. The third-order valence-electron chi connectivity index (χ3n) is 4.38. The molecule has 0 spiro atoms. The second-order valence-electron chi connectivity index (χ2n) is 6.18. The molecule has 1 atom stereocenters. The largest absolute Gasteiger partial charge is 0.496 e. The molecule has 0 heterocycles. The van der Waals surface area contributed by atoms with Crippen LogP contribution in [0.5, 0.6) is 5.75 Å². The Morgan fingerprint density at radius 1 is 1.17 bits per heavy atom. The van der Waals surface area contributed by atoms with Gasteiger partial charge in [0.1, 0.15) is 17.4 Å². The lowest BCUT2D eigenvalue weighted by atomic mass is 9.96. The maximum absolute atomic E-state index is 14.1. The van der Waals surface area contributed by atoms with E-state index >= 15 is 0 Å². The van der Waals surface area contributed by atoms with E-state index in [2.05, 4.69) is 0 Å². The summed E-state index contributed by atoms with van der Waals surface area (Å²) in [6, 6.07) is 1.99. The zero-order valence-electron chi connectivity index (χ0n) is 15.7. The fourth-order valence-electron chi connectivity index (χ4n) is 2.32. The lowest BCUT2D eigenvalue weighted by Crippen LogP contribution is -2.01. The molecular formula is C21H27FO2. The number of benzene rings is 1. The third-order valence-corrected chi connectivity index (χ3v) is 4.38. The molecule has 1 rings (SSSR count). The smallest absolute Gasteiger partial charge is 0.136 e. The molecule has 0 fully saturated rings. The monoisotopic (exact) mass is 330 g/mol. The number of ketones is 1. The van der Waals surface area contributed by atoms with Crippen molar-refractivity contribution >= 4 is 11.9 Å². The summed E-state index contributed by atoms with van der Waals surface area (Å²) < 4.78 is 19.5. The van der Waals surface area contributed by atoms with Crippen molar-refractivity contribution in [3.63, 3.8) is 0 Å². The van der Waals surface area contributed by atoms with Crippen molar-refractivity contribution in [3.8, 4) is 5.75 Å². The van der Waals surface area contributed by atoms with E-state index in [1.165, 1.54) is 13.0 Å². The average Bonchev–Trinajstić information content (AvgIpc) is 2.54. The molecule has 2 nitrogen and oxygen atoms in total. The van der Waals surface area contributed by atoms with Gasteiger partial charge in [-0.05, 0) is 74.6 Å². The van der Waals surface area contributed by atoms with E-state index < -0.39 is 0 Å². The van der Waals surface area contributed by atoms with Crippen LogP contribution >= 0.6 is 0 Å². The minimum atomic E-state index is -0.333. The van der Waals surface area contributed by atoms with Gasteiger partial charge in [0.15, 0.2) is 0 Å². The Hall–Kier alpha value is -2.16. The van der Waals surface area contributed by atoms with Gasteiger partial charge < -0.3 is 4.74 Å². The van der Waals surface area contributed by atoms with Gasteiger partial charge in [0.05, 0.1) is 7.11 Å². The zero-order chi connectivity index (χ0) is 18.4. The van der Waals surface area contributed by atoms with Gasteiger partial charge in [0, 0.05) is 5.92 Å². The summed E-state index contributed by atoms with van der Waals surface area (Å²) in [5.74, 6) is 0.273. The van der Waals surface area contributed by atoms with Crippen LogP contribution in [0.2, 0.25) is 0 Å². The second-order valence-corrected chi connectivity index (χ2v) is 6.18. The number of hydrogen-bond acceptors (Lipinski definition) is 2. The predicted octanol–water partition coefficient (Wildman–Crippen LogP) is 5.66. The molecule has 0 aromatic heterocycles. The highest BCUT2D eigenvalue weighted by Gasteiger charge is 2.08. The Balaban J connectivity index is 3.10. The second kappa shape index (κ2) is 8.62. The van der Waals surface area contributed by atoms with Crippen LogP contribution in [0.1, 0.15) is 43.0 Å². The molecule has 0 N–H and O–H groups in total. The quantitative estimate of drug-likeness (QED) is 0.629. The normalized spacial score (nSPS) is 14.2. The molecule has 0 amide bonds. The molecule has 0 aliphatic heterocycles. The molecule has 1 unspecified atom stereocenters. The highest BCUT2D eigenvalue weighted by atomic mass is 19.1. The number of hydrogen-bond donors (Lipinski definition) is 0. The summed E-state index contributed by atoms with van der Waals surface area (Å²) in [6.07, 6.45) is 6.64. The molecule has 0 aliphatic carbocycles. The van der Waals surface area contributed by atoms with E-state index in [-0.39, 0.29) is 17.5 Å². The number of methoxy groups -OCH3 is 1. The van der Waals surface area contributed by atoms with E-state index in [4.69, 9.17) is 4.74 Å². The molecule has 0 bridgehead atoms. The summed E-state index contributed by atoms with van der Waals surface area (Å²) in [5.41, 5.74) is 4.88. The first-order valence-corrected chi connectivity index (χ1v) is 8.06. The third kappa shape index (κ3) is 4.92. The number of aryl methyl sites for hydroxylation is 1. The first kappa shape index (κ1) is 19.9. The summed E-state index contributed by atoms with van der Waals surface area (Å²) in [5, 5.41) is 0. The Bertz CT molecular complexity index is 709. The van der Waals surface area contributed by atoms with Gasteiger partial charge in [-0.15, -0.1) is 0 Å². The molecule has 0 radical (unpaired) electrons. The van der Waals surface area contributed by atoms with Crippen LogP contribution in [0.4, 0.5) is 4.39 Å². The molecule has 1 aromatic carbocycles. The van der Waals surface area contributed by atoms with Crippen molar-refractivity contribution in [3.05, 3.63) is 57.9 Å². The Labute approximate surface area is 144 Å². The van der Waals surface area contributed by atoms with Crippen LogP contribution in [-0.2, 0) is 4.79 Å². The van der Waals surface area contributed by atoms with Gasteiger partial charge in [-0.1, -0.05) is 25.2 Å². The number of carbonyl (C=O) groups is 1. The summed E-state index contributed by atoms with van der Waals surface area (Å²) >= 11 is 0. The Morgan fingerprint density at radius 2 is 1.79 bits per heavy atom. The zero-order valence-corrected chi connectivity index (χ0v) is 15.7. The van der Waals surface area contributed by atoms with Crippen molar-refractivity contribution in [1.82, 2.24) is 0 Å². The van der Waals surface area contributed by atoms with E-state index in [0.29, 0.717) is 5.57 Å². The van der Waals surface area contributed by atoms with Crippen molar-refractivity contribution in [2.45, 2.75) is 41.5 Å². The molecule has 0 saturated carbocycles. The van der Waals surface area contributed by atoms with Gasteiger partial charge in [-0.25, -0.2) is 4.39 Å². The number of halogens is 1. The van der Waals surface area contributed by atoms with Crippen molar-refractivity contribution in [2.24, 2.45) is 5.92 Å². The lowest BCUT2D eigenvalue weighted by molar-refractivity contribution is -0.118. The van der Waals surface area contributed by atoms with Crippen molar-refractivity contribution in [2.75, 3.05) is 7.11 Å². The Kier molecular flexibility index (Phi) is 7.15. The molecule has 130 valence electrons. The van der Waals surface area contributed by atoms with Crippen LogP contribution in [0.15, 0.2) is 35.7 Å². The number of Topliss-reactive ketones (excluding diaryl/α,β-unsaturated/α-hetero) is 1. The number of ether oxygens (including phenoxy) is 1. The van der Waals surface area contributed by atoms with Crippen LogP contribution in [0.25, 0.3) is 6.08 Å². The lowest BCUT2D eigenvalue weighted by Gasteiger charge is -2.13. The molecule has 0 saturated heterocycles. The average molecular weight is 330 g/mol. The van der Waals surface area contributed by atoms with Crippen molar-refractivity contribution in [1.29, 1.82) is 0 Å². The highest BCUT2D eigenvalue weighted by Crippen LogP contribution is 2.28. The molecule has 3 heteroatoms. The van der Waals surface area contributed by atoms with Crippen LogP contribution in [0.3, 0.4) is 0 Å². The van der Waals surface area contributed by atoms with E-state index in [1.807, 2.05) is 32.9 Å². The van der Waals surface area contributed by atoms with E-state index in [9.17, 15) is 9.18 Å². The first-order valence-electron chi connectivity index (χ1n) is 8.06. The van der Waals surface area contributed by atoms with E-state index in [0.717, 1.165) is 28.0 Å². The van der Waals surface area contributed by atoms with Crippen LogP contribution in [0, 0.1) is 26.7 Å². The topological polar surface area (TPSA) is 26.3 Å². The van der Waals surface area contributed by atoms with Crippen LogP contribution in [-0.4, -0.2) is 12.9 Å². The molecule has 0 aliphatic rings. The van der Waals surface area contributed by atoms with Crippen LogP contribution < -0.4 is 4.74 Å². The predicted molar refractivity (Wildman–Crippen MR) is 99.0 cm³/mol. The standard InChI is InChI=1S/C21H27FO2/c1-13(18(6)23)9-11-20(22)14(2)8-10-19-15(3)12-21(24-7)17(5)16(19)4/h8-13H,1-7H3. The fourth-order valence-corrected chi connectivity index (χ4v) is 2.32.